The maximum atomic E-state index is 11.4. The molecular formula is C14H21N3O3. The maximum Gasteiger partial charge on any atom is 0.416 e. The molecule has 0 fully saturated rings. The van der Waals surface area contributed by atoms with Gasteiger partial charge < -0.3 is 20.3 Å². The van der Waals surface area contributed by atoms with Crippen molar-refractivity contribution < 1.29 is 14.3 Å². The number of carbonyl (C=O) groups excluding carboxylic acids is 2. The number of ether oxygens (including phenoxy) is 1. The lowest BCUT2D eigenvalue weighted by atomic mass is 10.1. The summed E-state index contributed by atoms with van der Waals surface area (Å²) in [7, 11) is 5.28. The molecule has 6 heteroatoms. The van der Waals surface area contributed by atoms with Crippen LogP contribution >= 0.6 is 0 Å². The molecule has 1 aromatic carbocycles. The zero-order chi connectivity index (χ0) is 15.0. The van der Waals surface area contributed by atoms with Crippen LogP contribution in [0.3, 0.4) is 0 Å². The number of nitrogens with one attached hydrogen (secondary N) is 2. The Morgan fingerprint density at radius 1 is 1.20 bits per heavy atom. The van der Waals surface area contributed by atoms with Crippen LogP contribution in [0.15, 0.2) is 30.3 Å². The van der Waals surface area contributed by atoms with Gasteiger partial charge in [-0.1, -0.05) is 30.3 Å². The molecule has 0 aromatic heterocycles. The standard InChI is InChI=1S/C14H21N3O3/c1-15-13(18)20-14(19)16-10-12(17(2)3)9-11-7-5-4-6-8-11/h4-8,12H,9-10H2,1-3H3,(H,15,18)(H,16,19)/t12-/m1/s1. The third kappa shape index (κ3) is 5.71. The third-order valence-electron chi connectivity index (χ3n) is 2.92. The Morgan fingerprint density at radius 3 is 2.40 bits per heavy atom. The van der Waals surface area contributed by atoms with E-state index in [-0.39, 0.29) is 6.04 Å². The lowest BCUT2D eigenvalue weighted by Crippen LogP contribution is -2.42. The van der Waals surface area contributed by atoms with Crippen molar-refractivity contribution in [1.29, 1.82) is 0 Å². The van der Waals surface area contributed by atoms with Crippen LogP contribution in [0, 0.1) is 0 Å². The highest BCUT2D eigenvalue weighted by molar-refractivity contribution is 5.83. The number of hydrogen-bond acceptors (Lipinski definition) is 4. The molecule has 20 heavy (non-hydrogen) atoms. The fraction of sp³-hybridized carbons (Fsp3) is 0.429. The number of carbonyl (C=O) groups is 2. The molecule has 0 saturated carbocycles. The third-order valence-corrected chi connectivity index (χ3v) is 2.92. The number of alkyl carbamates (subject to hydrolysis) is 2. The highest BCUT2D eigenvalue weighted by Crippen LogP contribution is 2.06. The molecule has 0 bridgehead atoms. The molecule has 0 saturated heterocycles. The second kappa shape index (κ2) is 8.16. The molecular weight excluding hydrogens is 258 g/mol. The summed E-state index contributed by atoms with van der Waals surface area (Å²) in [6.45, 7) is 0.401. The first-order valence-electron chi connectivity index (χ1n) is 6.40. The molecule has 0 aliphatic rings. The highest BCUT2D eigenvalue weighted by Gasteiger charge is 2.15. The Bertz CT molecular complexity index is 435. The molecule has 1 rings (SSSR count). The maximum absolute atomic E-state index is 11.4. The van der Waals surface area contributed by atoms with E-state index in [2.05, 4.69) is 15.4 Å². The highest BCUT2D eigenvalue weighted by atomic mass is 16.6. The molecule has 0 aliphatic carbocycles. The van der Waals surface area contributed by atoms with Gasteiger partial charge in [-0.2, -0.15) is 0 Å². The van der Waals surface area contributed by atoms with Gasteiger partial charge in [0, 0.05) is 19.6 Å². The average Bonchev–Trinajstić information content (AvgIpc) is 2.44. The first-order valence-corrected chi connectivity index (χ1v) is 6.40. The number of rotatable bonds is 5. The van der Waals surface area contributed by atoms with Crippen LogP contribution in [0.1, 0.15) is 5.56 Å². The summed E-state index contributed by atoms with van der Waals surface area (Å²) in [5.74, 6) is 0. The minimum Gasteiger partial charge on any atom is -0.359 e. The zero-order valence-corrected chi connectivity index (χ0v) is 12.1. The SMILES string of the molecule is CNC(=O)OC(=O)NC[C@@H](Cc1ccccc1)N(C)C. The average molecular weight is 279 g/mol. The molecule has 0 aliphatic heterocycles. The van der Waals surface area contributed by atoms with Crippen molar-refractivity contribution in [3.63, 3.8) is 0 Å². The van der Waals surface area contributed by atoms with Gasteiger partial charge in [0.1, 0.15) is 0 Å². The molecule has 0 spiro atoms. The van der Waals surface area contributed by atoms with Crippen LogP contribution in [0.2, 0.25) is 0 Å². The van der Waals surface area contributed by atoms with Gasteiger partial charge in [-0.25, -0.2) is 9.59 Å². The normalized spacial score (nSPS) is 11.8. The van der Waals surface area contributed by atoms with Crippen molar-refractivity contribution in [3.8, 4) is 0 Å². The Labute approximate surface area is 119 Å². The number of amides is 2. The lowest BCUT2D eigenvalue weighted by Gasteiger charge is -2.24. The van der Waals surface area contributed by atoms with Gasteiger partial charge in [-0.3, -0.25) is 0 Å². The van der Waals surface area contributed by atoms with Crippen molar-refractivity contribution in [2.24, 2.45) is 0 Å². The van der Waals surface area contributed by atoms with Gasteiger partial charge in [-0.15, -0.1) is 0 Å². The summed E-state index contributed by atoms with van der Waals surface area (Å²) in [4.78, 5) is 24.3. The Hall–Kier alpha value is -2.08. The first-order chi connectivity index (χ1) is 9.52. The van der Waals surface area contributed by atoms with E-state index in [1.807, 2.05) is 49.3 Å². The van der Waals surface area contributed by atoms with E-state index in [1.165, 1.54) is 12.6 Å². The second-order valence-corrected chi connectivity index (χ2v) is 4.62. The van der Waals surface area contributed by atoms with Crippen molar-refractivity contribution in [1.82, 2.24) is 15.5 Å². The van der Waals surface area contributed by atoms with Gasteiger partial charge in [0.25, 0.3) is 0 Å². The molecule has 1 atom stereocenters. The summed E-state index contributed by atoms with van der Waals surface area (Å²) in [5, 5.41) is 4.80. The summed E-state index contributed by atoms with van der Waals surface area (Å²) >= 11 is 0. The van der Waals surface area contributed by atoms with Gasteiger partial charge >= 0.3 is 12.2 Å². The van der Waals surface area contributed by atoms with Gasteiger partial charge in [-0.05, 0) is 26.1 Å². The van der Waals surface area contributed by atoms with Gasteiger partial charge in [0.05, 0.1) is 0 Å². The molecule has 110 valence electrons. The zero-order valence-electron chi connectivity index (χ0n) is 12.1. The Kier molecular flexibility index (Phi) is 6.52. The van der Waals surface area contributed by atoms with Crippen LogP contribution in [-0.2, 0) is 11.2 Å². The van der Waals surface area contributed by atoms with Crippen molar-refractivity contribution in [2.45, 2.75) is 12.5 Å². The summed E-state index contributed by atoms with van der Waals surface area (Å²) in [5.41, 5.74) is 1.19. The number of benzene rings is 1. The number of hydrogen-bond donors (Lipinski definition) is 2. The smallest absolute Gasteiger partial charge is 0.359 e. The van der Waals surface area contributed by atoms with Crippen molar-refractivity contribution in [3.05, 3.63) is 35.9 Å². The van der Waals surface area contributed by atoms with E-state index >= 15 is 0 Å². The minimum absolute atomic E-state index is 0.120. The van der Waals surface area contributed by atoms with E-state index in [4.69, 9.17) is 0 Å². The number of likely N-dealkylation sites (N-methyl/N-ethyl adjacent to an activating group) is 1. The van der Waals surface area contributed by atoms with E-state index in [9.17, 15) is 9.59 Å². The summed E-state index contributed by atoms with van der Waals surface area (Å²) < 4.78 is 4.46. The second-order valence-electron chi connectivity index (χ2n) is 4.62. The summed E-state index contributed by atoms with van der Waals surface area (Å²) in [6, 6.07) is 10.1. The van der Waals surface area contributed by atoms with E-state index < -0.39 is 12.2 Å². The van der Waals surface area contributed by atoms with Crippen LogP contribution in [0.5, 0.6) is 0 Å². The molecule has 0 heterocycles. The quantitative estimate of drug-likeness (QED) is 0.795. The van der Waals surface area contributed by atoms with Crippen LogP contribution in [0.4, 0.5) is 9.59 Å². The van der Waals surface area contributed by atoms with Crippen molar-refractivity contribution in [2.75, 3.05) is 27.7 Å². The lowest BCUT2D eigenvalue weighted by molar-refractivity contribution is 0.149. The Balaban J connectivity index is 2.48. The molecule has 2 amide bonds. The van der Waals surface area contributed by atoms with Gasteiger partial charge in [0.15, 0.2) is 0 Å². The molecule has 0 radical (unpaired) electrons. The minimum atomic E-state index is -0.771. The fourth-order valence-corrected chi connectivity index (χ4v) is 1.70. The van der Waals surface area contributed by atoms with E-state index in [1.54, 1.807) is 0 Å². The topological polar surface area (TPSA) is 70.7 Å². The van der Waals surface area contributed by atoms with Gasteiger partial charge in [0.2, 0.25) is 0 Å². The molecule has 2 N–H and O–H groups in total. The van der Waals surface area contributed by atoms with E-state index in [0.717, 1.165) is 6.42 Å². The van der Waals surface area contributed by atoms with E-state index in [0.29, 0.717) is 6.54 Å². The fourth-order valence-electron chi connectivity index (χ4n) is 1.70. The van der Waals surface area contributed by atoms with Crippen LogP contribution < -0.4 is 10.6 Å². The predicted octanol–water partition coefficient (Wildman–Crippen LogP) is 1.22. The van der Waals surface area contributed by atoms with Crippen LogP contribution in [0.25, 0.3) is 0 Å². The van der Waals surface area contributed by atoms with Crippen LogP contribution in [-0.4, -0.2) is 50.8 Å². The molecule has 6 nitrogen and oxygen atoms in total. The molecule has 0 unspecified atom stereocenters. The monoisotopic (exact) mass is 279 g/mol. The largest absolute Gasteiger partial charge is 0.416 e. The van der Waals surface area contributed by atoms with Crippen molar-refractivity contribution >= 4 is 12.2 Å². The predicted molar refractivity (Wildman–Crippen MR) is 76.6 cm³/mol. The summed E-state index contributed by atoms with van der Waals surface area (Å²) in [6.07, 6.45) is -0.718. The molecule has 1 aromatic rings. The Morgan fingerprint density at radius 2 is 1.85 bits per heavy atom. The number of nitrogens with zero attached hydrogens (tertiary/aromatic N) is 1. The first kappa shape index (κ1) is 16.0.